The van der Waals surface area contributed by atoms with Crippen LogP contribution in [0, 0.1) is 6.92 Å². The molecule has 2 heteroatoms. The summed E-state index contributed by atoms with van der Waals surface area (Å²) in [6.07, 6.45) is 0.904. The maximum Gasteiger partial charge on any atom is 0.234 e. The third-order valence-corrected chi connectivity index (χ3v) is 2.33. The third-order valence-electron chi connectivity index (χ3n) is 2.33. The van der Waals surface area contributed by atoms with Gasteiger partial charge in [-0.1, -0.05) is 24.6 Å². The topological polar surface area (TPSA) is 21.8 Å². The largest absolute Gasteiger partial charge is 0.460 e. The first kappa shape index (κ1) is 8.57. The van der Waals surface area contributed by atoms with Crippen molar-refractivity contribution in [3.8, 4) is 5.75 Å². The molecule has 2 rings (SSSR count). The molecule has 0 spiro atoms. The lowest BCUT2D eigenvalue weighted by Gasteiger charge is -2.12. The van der Waals surface area contributed by atoms with Gasteiger partial charge in [0.2, 0.25) is 5.79 Å². The molecule has 0 radical (unpaired) electrons. The molecule has 13 heavy (non-hydrogen) atoms. The molecular weight excluding hydrogens is 164 g/mol. The number of hydrogen-bond donors (Lipinski definition) is 0. The van der Waals surface area contributed by atoms with E-state index in [0.717, 1.165) is 18.8 Å². The molecule has 1 fully saturated rings. The van der Waals surface area contributed by atoms with E-state index in [1.165, 1.54) is 5.56 Å². The second-order valence-electron chi connectivity index (χ2n) is 3.47. The van der Waals surface area contributed by atoms with Crippen molar-refractivity contribution in [2.45, 2.75) is 26.1 Å². The summed E-state index contributed by atoms with van der Waals surface area (Å²) < 4.78 is 11.0. The Hall–Kier alpha value is -1.02. The monoisotopic (exact) mass is 178 g/mol. The minimum Gasteiger partial charge on any atom is -0.460 e. The fourth-order valence-corrected chi connectivity index (χ4v) is 1.24. The van der Waals surface area contributed by atoms with E-state index in [1.807, 2.05) is 24.3 Å². The van der Waals surface area contributed by atoms with Crippen molar-refractivity contribution < 1.29 is 9.47 Å². The second-order valence-corrected chi connectivity index (χ2v) is 3.47. The predicted molar refractivity (Wildman–Crippen MR) is 50.8 cm³/mol. The van der Waals surface area contributed by atoms with Gasteiger partial charge in [-0.25, -0.2) is 0 Å². The molecule has 0 aromatic heterocycles. The van der Waals surface area contributed by atoms with Crippen molar-refractivity contribution >= 4 is 0 Å². The zero-order chi connectivity index (χ0) is 9.31. The molecule has 1 saturated heterocycles. The molecule has 1 aromatic rings. The molecule has 0 bridgehead atoms. The second kappa shape index (κ2) is 3.04. The van der Waals surface area contributed by atoms with E-state index >= 15 is 0 Å². The molecule has 1 atom stereocenters. The molecule has 1 aromatic carbocycles. The number of rotatable bonds is 3. The number of aryl methyl sites for hydroxylation is 1. The van der Waals surface area contributed by atoms with Gasteiger partial charge in [0.1, 0.15) is 12.4 Å². The highest BCUT2D eigenvalue weighted by atomic mass is 16.8. The van der Waals surface area contributed by atoms with Gasteiger partial charge in [0, 0.05) is 6.42 Å². The van der Waals surface area contributed by atoms with E-state index in [0.29, 0.717) is 0 Å². The van der Waals surface area contributed by atoms with E-state index in [-0.39, 0.29) is 5.79 Å². The average Bonchev–Trinajstić information content (AvgIpc) is 2.90. The van der Waals surface area contributed by atoms with Gasteiger partial charge in [-0.2, -0.15) is 0 Å². The summed E-state index contributed by atoms with van der Waals surface area (Å²) in [5.74, 6) is 0.583. The van der Waals surface area contributed by atoms with E-state index in [1.54, 1.807) is 0 Å². The highest BCUT2D eigenvalue weighted by molar-refractivity contribution is 5.27. The fraction of sp³-hybridized carbons (Fsp3) is 0.455. The van der Waals surface area contributed by atoms with Crippen molar-refractivity contribution in [2.75, 3.05) is 6.61 Å². The summed E-state index contributed by atoms with van der Waals surface area (Å²) in [5, 5.41) is 0. The summed E-state index contributed by atoms with van der Waals surface area (Å²) in [7, 11) is 0. The van der Waals surface area contributed by atoms with Crippen molar-refractivity contribution in [1.29, 1.82) is 0 Å². The van der Waals surface area contributed by atoms with Gasteiger partial charge in [0.25, 0.3) is 0 Å². The summed E-state index contributed by atoms with van der Waals surface area (Å²) in [4.78, 5) is 0. The van der Waals surface area contributed by atoms with Gasteiger partial charge in [0.15, 0.2) is 0 Å². The van der Waals surface area contributed by atoms with Crippen LogP contribution >= 0.6 is 0 Å². The van der Waals surface area contributed by atoms with Crippen LogP contribution in [-0.2, 0) is 4.74 Å². The molecule has 2 nitrogen and oxygen atoms in total. The summed E-state index contributed by atoms with van der Waals surface area (Å²) >= 11 is 0. The van der Waals surface area contributed by atoms with Gasteiger partial charge in [-0.3, -0.25) is 0 Å². The van der Waals surface area contributed by atoms with Crippen molar-refractivity contribution in [3.63, 3.8) is 0 Å². The lowest BCUT2D eigenvalue weighted by atomic mass is 10.2. The zero-order valence-corrected chi connectivity index (χ0v) is 8.04. The maximum atomic E-state index is 5.69. The van der Waals surface area contributed by atoms with Crippen LogP contribution in [0.5, 0.6) is 5.75 Å². The lowest BCUT2D eigenvalue weighted by molar-refractivity contribution is 0.0585. The normalized spacial score (nSPS) is 25.7. The first-order valence-corrected chi connectivity index (χ1v) is 4.64. The minimum atomic E-state index is -0.310. The molecule has 70 valence electrons. The zero-order valence-electron chi connectivity index (χ0n) is 8.04. The maximum absolute atomic E-state index is 5.69. The Labute approximate surface area is 78.5 Å². The van der Waals surface area contributed by atoms with E-state index in [4.69, 9.17) is 9.47 Å². The van der Waals surface area contributed by atoms with Crippen molar-refractivity contribution in [1.82, 2.24) is 0 Å². The quantitative estimate of drug-likeness (QED) is 0.663. The summed E-state index contributed by atoms with van der Waals surface area (Å²) in [6.45, 7) is 4.85. The Kier molecular flexibility index (Phi) is 2.00. The number of hydrogen-bond acceptors (Lipinski definition) is 2. The van der Waals surface area contributed by atoms with E-state index < -0.39 is 0 Å². The molecule has 1 aliphatic rings. The number of epoxide rings is 1. The highest BCUT2D eigenvalue weighted by Gasteiger charge is 2.45. The third kappa shape index (κ3) is 1.83. The highest BCUT2D eigenvalue weighted by Crippen LogP contribution is 2.33. The van der Waals surface area contributed by atoms with Gasteiger partial charge < -0.3 is 9.47 Å². The van der Waals surface area contributed by atoms with Gasteiger partial charge in [0.05, 0.1) is 0 Å². The molecule has 0 amide bonds. The molecule has 1 unspecified atom stereocenters. The van der Waals surface area contributed by atoms with Crippen LogP contribution in [0.4, 0.5) is 0 Å². The lowest BCUT2D eigenvalue weighted by Crippen LogP contribution is -2.18. The number of benzene rings is 1. The summed E-state index contributed by atoms with van der Waals surface area (Å²) in [6, 6.07) is 8.05. The average molecular weight is 178 g/mol. The smallest absolute Gasteiger partial charge is 0.234 e. The standard InChI is InChI=1S/C11H14O2/c1-3-11(8-12-11)13-10-6-4-9(2)5-7-10/h4-7H,3,8H2,1-2H3. The van der Waals surface area contributed by atoms with Crippen LogP contribution in [0.2, 0.25) is 0 Å². The Balaban J connectivity index is 2.06. The van der Waals surface area contributed by atoms with Crippen LogP contribution in [0.25, 0.3) is 0 Å². The first-order chi connectivity index (χ1) is 6.24. The van der Waals surface area contributed by atoms with Crippen molar-refractivity contribution in [2.24, 2.45) is 0 Å². The Bertz CT molecular complexity index is 285. The Morgan fingerprint density at radius 1 is 1.38 bits per heavy atom. The van der Waals surface area contributed by atoms with E-state index in [2.05, 4.69) is 13.8 Å². The van der Waals surface area contributed by atoms with Crippen LogP contribution in [0.1, 0.15) is 18.9 Å². The summed E-state index contributed by atoms with van der Waals surface area (Å²) in [5.41, 5.74) is 1.25. The minimum absolute atomic E-state index is 0.310. The van der Waals surface area contributed by atoms with Crippen molar-refractivity contribution in [3.05, 3.63) is 29.8 Å². The number of ether oxygens (including phenoxy) is 2. The molecule has 0 aliphatic carbocycles. The van der Waals surface area contributed by atoms with Crippen LogP contribution in [-0.4, -0.2) is 12.4 Å². The molecule has 0 N–H and O–H groups in total. The molecule has 0 saturated carbocycles. The molecule has 1 aliphatic heterocycles. The van der Waals surface area contributed by atoms with Gasteiger partial charge in [-0.15, -0.1) is 0 Å². The van der Waals surface area contributed by atoms with E-state index in [9.17, 15) is 0 Å². The Morgan fingerprint density at radius 3 is 2.46 bits per heavy atom. The predicted octanol–water partition coefficient (Wildman–Crippen LogP) is 2.51. The SMILES string of the molecule is CCC1(Oc2ccc(C)cc2)CO1. The first-order valence-electron chi connectivity index (χ1n) is 4.64. The van der Waals surface area contributed by atoms with Gasteiger partial charge >= 0.3 is 0 Å². The fourth-order valence-electron chi connectivity index (χ4n) is 1.24. The van der Waals surface area contributed by atoms with Crippen LogP contribution in [0.3, 0.4) is 0 Å². The van der Waals surface area contributed by atoms with Gasteiger partial charge in [-0.05, 0) is 19.1 Å². The van der Waals surface area contributed by atoms with Crippen LogP contribution < -0.4 is 4.74 Å². The molecular formula is C11H14O2. The Morgan fingerprint density at radius 2 is 2.00 bits per heavy atom. The molecule has 1 heterocycles. The van der Waals surface area contributed by atoms with Crippen LogP contribution in [0.15, 0.2) is 24.3 Å².